The summed E-state index contributed by atoms with van der Waals surface area (Å²) in [6, 6.07) is 12.5. The van der Waals surface area contributed by atoms with Crippen molar-refractivity contribution in [2.24, 2.45) is 0 Å². The topological polar surface area (TPSA) is 76.7 Å². The van der Waals surface area contributed by atoms with Crippen molar-refractivity contribution in [3.8, 4) is 11.5 Å². The highest BCUT2D eigenvalue weighted by Crippen LogP contribution is 2.30. The van der Waals surface area contributed by atoms with Gasteiger partial charge in [-0.05, 0) is 24.6 Å². The van der Waals surface area contributed by atoms with Gasteiger partial charge >= 0.3 is 0 Å². The summed E-state index contributed by atoms with van der Waals surface area (Å²) in [4.78, 5) is 24.0. The van der Waals surface area contributed by atoms with Crippen LogP contribution in [0.3, 0.4) is 0 Å². The van der Waals surface area contributed by atoms with Crippen LogP contribution in [0.15, 0.2) is 42.5 Å². The number of nitrogens with one attached hydrogen (secondary N) is 2. The normalized spacial score (nSPS) is 11.4. The maximum Gasteiger partial charge on any atom is 0.226 e. The first-order chi connectivity index (χ1) is 12.4. The van der Waals surface area contributed by atoms with Gasteiger partial charge in [0.15, 0.2) is 11.5 Å². The number of rotatable bonds is 7. The lowest BCUT2D eigenvalue weighted by Crippen LogP contribution is -2.29. The molecule has 2 aromatic rings. The highest BCUT2D eigenvalue weighted by atomic mass is 16.5. The van der Waals surface area contributed by atoms with E-state index in [1.54, 1.807) is 25.3 Å². The molecule has 0 aromatic heterocycles. The van der Waals surface area contributed by atoms with Gasteiger partial charge in [-0.25, -0.2) is 0 Å². The van der Waals surface area contributed by atoms with Crippen molar-refractivity contribution in [2.75, 3.05) is 19.5 Å². The third-order valence-electron chi connectivity index (χ3n) is 3.91. The molecule has 0 fully saturated rings. The minimum Gasteiger partial charge on any atom is -0.493 e. The maximum absolute atomic E-state index is 12.5. The molecular formula is C20H24N2O4. The van der Waals surface area contributed by atoms with Crippen molar-refractivity contribution < 1.29 is 19.1 Å². The minimum absolute atomic E-state index is 0.122. The second-order valence-corrected chi connectivity index (χ2v) is 5.99. The van der Waals surface area contributed by atoms with Gasteiger partial charge in [0.05, 0.1) is 26.7 Å². The van der Waals surface area contributed by atoms with Crippen molar-refractivity contribution in [1.29, 1.82) is 0 Å². The lowest BCUT2D eigenvalue weighted by Gasteiger charge is -2.18. The monoisotopic (exact) mass is 356 g/mol. The molecule has 0 saturated heterocycles. The lowest BCUT2D eigenvalue weighted by molar-refractivity contribution is -0.120. The smallest absolute Gasteiger partial charge is 0.226 e. The Bertz CT molecular complexity index is 772. The van der Waals surface area contributed by atoms with E-state index < -0.39 is 6.04 Å². The zero-order valence-electron chi connectivity index (χ0n) is 15.5. The molecule has 2 rings (SSSR count). The first kappa shape index (κ1) is 19.3. The van der Waals surface area contributed by atoms with Crippen LogP contribution in [-0.4, -0.2) is 26.0 Å². The summed E-state index contributed by atoms with van der Waals surface area (Å²) >= 11 is 0. The van der Waals surface area contributed by atoms with Crippen LogP contribution in [0.5, 0.6) is 11.5 Å². The zero-order valence-corrected chi connectivity index (χ0v) is 15.5. The van der Waals surface area contributed by atoms with Crippen LogP contribution in [0, 0.1) is 6.92 Å². The van der Waals surface area contributed by atoms with Gasteiger partial charge in [-0.3, -0.25) is 9.59 Å². The van der Waals surface area contributed by atoms with Gasteiger partial charge in [0.1, 0.15) is 0 Å². The van der Waals surface area contributed by atoms with Crippen LogP contribution < -0.4 is 20.1 Å². The van der Waals surface area contributed by atoms with Crippen LogP contribution in [-0.2, 0) is 9.59 Å². The Hall–Kier alpha value is -3.02. The summed E-state index contributed by atoms with van der Waals surface area (Å²) in [5.41, 5.74) is 2.59. The van der Waals surface area contributed by atoms with Crippen molar-refractivity contribution in [1.82, 2.24) is 5.32 Å². The summed E-state index contributed by atoms with van der Waals surface area (Å²) in [6.45, 7) is 3.42. The zero-order chi connectivity index (χ0) is 19.1. The van der Waals surface area contributed by atoms with E-state index >= 15 is 0 Å². The van der Waals surface area contributed by atoms with Crippen molar-refractivity contribution >= 4 is 17.5 Å². The molecule has 2 aromatic carbocycles. The Morgan fingerprint density at radius 3 is 2.23 bits per heavy atom. The van der Waals surface area contributed by atoms with Crippen molar-refractivity contribution in [3.63, 3.8) is 0 Å². The first-order valence-electron chi connectivity index (χ1n) is 8.28. The van der Waals surface area contributed by atoms with E-state index in [9.17, 15) is 9.59 Å². The minimum atomic E-state index is -0.395. The van der Waals surface area contributed by atoms with Gasteiger partial charge in [0.25, 0.3) is 0 Å². The number of amides is 2. The van der Waals surface area contributed by atoms with Gasteiger partial charge in [-0.1, -0.05) is 29.8 Å². The second kappa shape index (κ2) is 8.89. The number of carbonyl (C=O) groups excluding carboxylic acids is 2. The van der Waals surface area contributed by atoms with E-state index in [0.717, 1.165) is 11.1 Å². The van der Waals surface area contributed by atoms with E-state index in [1.165, 1.54) is 14.0 Å². The summed E-state index contributed by atoms with van der Waals surface area (Å²) in [7, 11) is 3.09. The van der Waals surface area contributed by atoms with Gasteiger partial charge in [-0.2, -0.15) is 0 Å². The average Bonchev–Trinajstić information content (AvgIpc) is 2.61. The average molecular weight is 356 g/mol. The molecule has 1 unspecified atom stereocenters. The fraction of sp³-hybridized carbons (Fsp3) is 0.300. The first-order valence-corrected chi connectivity index (χ1v) is 8.28. The molecule has 1 atom stereocenters. The quantitative estimate of drug-likeness (QED) is 0.799. The van der Waals surface area contributed by atoms with Crippen LogP contribution in [0.4, 0.5) is 5.69 Å². The Balaban J connectivity index is 2.11. The lowest BCUT2D eigenvalue weighted by atomic mass is 10.0. The Labute approximate surface area is 153 Å². The SMILES string of the molecule is COc1ccc(NC(=O)CC(NC(C)=O)c2ccc(C)cc2)cc1OC. The molecule has 0 radical (unpaired) electrons. The molecule has 6 nitrogen and oxygen atoms in total. The van der Waals surface area contributed by atoms with Gasteiger partial charge in [-0.15, -0.1) is 0 Å². The molecule has 2 N–H and O–H groups in total. The number of hydrogen-bond donors (Lipinski definition) is 2. The number of benzene rings is 2. The molecule has 0 aliphatic heterocycles. The van der Waals surface area contributed by atoms with Gasteiger partial charge < -0.3 is 20.1 Å². The molecule has 6 heteroatoms. The fourth-order valence-electron chi connectivity index (χ4n) is 2.61. The van der Waals surface area contributed by atoms with E-state index in [1.807, 2.05) is 31.2 Å². The number of hydrogen-bond acceptors (Lipinski definition) is 4. The van der Waals surface area contributed by atoms with E-state index in [2.05, 4.69) is 10.6 Å². The number of aryl methyl sites for hydroxylation is 1. The summed E-state index contributed by atoms with van der Waals surface area (Å²) in [6.07, 6.45) is 0.122. The largest absolute Gasteiger partial charge is 0.493 e. The predicted octanol–water partition coefficient (Wildman–Crippen LogP) is 3.22. The van der Waals surface area contributed by atoms with Crippen LogP contribution >= 0.6 is 0 Å². The number of methoxy groups -OCH3 is 2. The second-order valence-electron chi connectivity index (χ2n) is 5.99. The molecular weight excluding hydrogens is 332 g/mol. The number of ether oxygens (including phenoxy) is 2. The predicted molar refractivity (Wildman–Crippen MR) is 101 cm³/mol. The summed E-state index contributed by atoms with van der Waals surface area (Å²) in [5, 5.41) is 5.66. The van der Waals surface area contributed by atoms with Gasteiger partial charge in [0.2, 0.25) is 11.8 Å². The molecule has 0 spiro atoms. The highest BCUT2D eigenvalue weighted by Gasteiger charge is 2.17. The molecule has 0 bridgehead atoms. The molecule has 0 saturated carbocycles. The van der Waals surface area contributed by atoms with E-state index in [4.69, 9.17) is 9.47 Å². The third kappa shape index (κ3) is 5.24. The Morgan fingerprint density at radius 2 is 1.65 bits per heavy atom. The maximum atomic E-state index is 12.5. The highest BCUT2D eigenvalue weighted by molar-refractivity contribution is 5.92. The summed E-state index contributed by atoms with van der Waals surface area (Å²) in [5.74, 6) is 0.717. The van der Waals surface area contributed by atoms with Crippen LogP contribution in [0.25, 0.3) is 0 Å². The van der Waals surface area contributed by atoms with E-state index in [-0.39, 0.29) is 18.2 Å². The Morgan fingerprint density at radius 1 is 1.00 bits per heavy atom. The fourth-order valence-corrected chi connectivity index (χ4v) is 2.61. The van der Waals surface area contributed by atoms with Crippen molar-refractivity contribution in [2.45, 2.75) is 26.3 Å². The molecule has 138 valence electrons. The van der Waals surface area contributed by atoms with Crippen LogP contribution in [0.1, 0.15) is 30.5 Å². The number of carbonyl (C=O) groups is 2. The Kier molecular flexibility index (Phi) is 6.60. The standard InChI is InChI=1S/C20H24N2O4/c1-13-5-7-15(8-6-13)17(21-14(2)23)12-20(24)22-16-9-10-18(25-3)19(11-16)26-4/h5-11,17H,12H2,1-4H3,(H,21,23)(H,22,24). The molecule has 2 amide bonds. The number of anilines is 1. The third-order valence-corrected chi connectivity index (χ3v) is 3.91. The summed E-state index contributed by atoms with van der Waals surface area (Å²) < 4.78 is 10.4. The molecule has 26 heavy (non-hydrogen) atoms. The van der Waals surface area contributed by atoms with Crippen LogP contribution in [0.2, 0.25) is 0 Å². The molecule has 0 aliphatic carbocycles. The van der Waals surface area contributed by atoms with Gasteiger partial charge in [0, 0.05) is 18.7 Å². The van der Waals surface area contributed by atoms with E-state index in [0.29, 0.717) is 17.2 Å². The molecule has 0 aliphatic rings. The van der Waals surface area contributed by atoms with Crippen molar-refractivity contribution in [3.05, 3.63) is 53.6 Å². The molecule has 0 heterocycles.